The quantitative estimate of drug-likeness (QED) is 0.0224. The number of sulfone groups is 1. The molecule has 12 rings (SSSR count). The number of hydrogen-bond donors (Lipinski definition) is 0. The van der Waals surface area contributed by atoms with Gasteiger partial charge in [0, 0.05) is 136 Å². The Balaban J connectivity index is 0.000000232. The van der Waals surface area contributed by atoms with Crippen LogP contribution in [0, 0.1) is 5.92 Å². The summed E-state index contributed by atoms with van der Waals surface area (Å²) in [5, 5.41) is 0.535. The van der Waals surface area contributed by atoms with Gasteiger partial charge in [-0.2, -0.15) is 9.97 Å². The maximum absolute atomic E-state index is 13.4. The van der Waals surface area contributed by atoms with Gasteiger partial charge in [0.1, 0.15) is 33.2 Å². The molecule has 7 heterocycles. The zero-order valence-electron chi connectivity index (χ0n) is 70.7. The lowest BCUT2D eigenvalue weighted by molar-refractivity contribution is -0.0817. The van der Waals surface area contributed by atoms with E-state index in [0.717, 1.165) is 108 Å². The topological polar surface area (TPSA) is 219 Å². The zero-order valence-corrected chi connectivity index (χ0v) is 78.0. The maximum Gasteiger partial charge on any atom is 0.349 e. The van der Waals surface area contributed by atoms with Gasteiger partial charge in [-0.05, 0) is 109 Å². The molecule has 0 spiro atoms. The van der Waals surface area contributed by atoms with Gasteiger partial charge in [0.05, 0.1) is 50.8 Å². The molecule has 114 heavy (non-hydrogen) atoms. The van der Waals surface area contributed by atoms with Gasteiger partial charge in [0.15, 0.2) is 11.3 Å². The fourth-order valence-electron chi connectivity index (χ4n) is 15.0. The molecule has 21 nitrogen and oxygen atoms in total. The molecule has 4 aromatic carbocycles. The van der Waals surface area contributed by atoms with Crippen molar-refractivity contribution in [2.75, 3.05) is 79.1 Å². The number of imidazole rings is 2. The molecule has 3 saturated heterocycles. The predicted octanol–water partition coefficient (Wildman–Crippen LogP) is 19.6. The highest BCUT2D eigenvalue weighted by Gasteiger charge is 2.64. The van der Waals surface area contributed by atoms with Crippen molar-refractivity contribution in [2.24, 2.45) is 5.92 Å². The summed E-state index contributed by atoms with van der Waals surface area (Å²) in [6.07, 6.45) is 4.28. The summed E-state index contributed by atoms with van der Waals surface area (Å²) < 4.78 is 85.1. The number of halogens is 2. The molecule has 620 valence electrons. The van der Waals surface area contributed by atoms with Gasteiger partial charge < -0.3 is 51.8 Å². The maximum atomic E-state index is 13.4. The highest BCUT2D eigenvalue weighted by atomic mass is 35.5. The molecule has 1 aliphatic carbocycles. The van der Waals surface area contributed by atoms with Crippen LogP contribution >= 0.6 is 23.2 Å². The van der Waals surface area contributed by atoms with Crippen LogP contribution in [0.2, 0.25) is 123 Å². The Hall–Kier alpha value is -5.85. The Morgan fingerprint density at radius 1 is 0.509 bits per heavy atom. The monoisotopic (exact) mass is 1700 g/mol. The van der Waals surface area contributed by atoms with Crippen molar-refractivity contribution in [1.82, 2.24) is 38.9 Å². The van der Waals surface area contributed by atoms with Crippen LogP contribution in [0.3, 0.4) is 0 Å². The standard InChI is InChI=1S/C49H73ClN4O7Si3.C36H49ClN4O6SSi2/c1-48(2,3)64(49(4,5)6)59-31-38-21-22-42(44(38)61-64)60-47-52-45-41(54(47)32-56-25-27-62(7,8)9)29-40(50)43(51-45)36-17-13-34(14-18-36)35-15-19-37(20-16-35)46(55)53-24-23-39(30-53)58-33-57-26-28-63(10,11)12;1-48(43,44)36-39-34-32(41(36)24-45-18-20-49(2,3)4)22-31(37)33(38-34)28-12-8-26(9-13-28)27-10-14-29(15-11-27)35(42)40-17-16-30(23-40)47-25-46-19-21-50(5,6)7/h13-20,29,38-39,42,44H,21-28,30-33H2,1-12H3;8-15,22,30H,16-21,23-25H2,1-7H3/t38-,39-,42-,44-;30-/m11/s1. The molecule has 8 aromatic rings. The van der Waals surface area contributed by atoms with E-state index >= 15 is 0 Å². The molecule has 1 saturated carbocycles. The van der Waals surface area contributed by atoms with Crippen LogP contribution in [0.15, 0.2) is 114 Å². The first-order valence-electron chi connectivity index (χ1n) is 40.4. The fourth-order valence-corrected chi connectivity index (χ4v) is 24.4. The minimum atomic E-state index is -3.65. The Kier molecular flexibility index (Phi) is 28.7. The number of ether oxygens (including phenoxy) is 7. The van der Waals surface area contributed by atoms with E-state index in [-0.39, 0.29) is 90.1 Å². The molecule has 2 amide bonds. The van der Waals surface area contributed by atoms with Crippen LogP contribution in [0.4, 0.5) is 0 Å². The first-order chi connectivity index (χ1) is 53.5. The molecule has 0 N–H and O–H groups in total. The van der Waals surface area contributed by atoms with Gasteiger partial charge in [0.25, 0.3) is 11.8 Å². The molecule has 29 heteroatoms. The first kappa shape index (κ1) is 89.0. The number of carbonyl (C=O) groups excluding carboxylic acids is 2. The molecule has 4 aromatic heterocycles. The highest BCUT2D eigenvalue weighted by molar-refractivity contribution is 7.90. The number of fused-ring (bicyclic) bond motifs is 3. The summed E-state index contributed by atoms with van der Waals surface area (Å²) in [6.45, 7) is 48.0. The Morgan fingerprint density at radius 2 is 0.886 bits per heavy atom. The van der Waals surface area contributed by atoms with E-state index in [1.165, 1.54) is 4.57 Å². The number of aromatic nitrogens is 6. The van der Waals surface area contributed by atoms with E-state index in [1.807, 2.05) is 105 Å². The summed E-state index contributed by atoms with van der Waals surface area (Å²) in [5.74, 6) is 0.280. The predicted molar refractivity (Wildman–Crippen MR) is 470 cm³/mol. The normalized spacial score (nSPS) is 19.1. The van der Waals surface area contributed by atoms with Crippen molar-refractivity contribution in [3.63, 3.8) is 0 Å². The fraction of sp³-hybridized carbons (Fsp3) is 0.553. The van der Waals surface area contributed by atoms with E-state index in [9.17, 15) is 18.0 Å². The van der Waals surface area contributed by atoms with Crippen LogP contribution in [0.1, 0.15) is 87.9 Å². The molecule has 4 aliphatic rings. The minimum absolute atomic E-state index is 0.000930. The largest absolute Gasteiger partial charge is 0.459 e. The molecule has 4 fully saturated rings. The molecule has 3 aliphatic heterocycles. The average molecular weight is 1710 g/mol. The SMILES string of the molecule is CC(C)(C)[Si]1(C(C)(C)C)OC[C@H]2CC[C@@H](Oc3nc4nc(-c5ccc(-c6ccc(C(=O)N7CC[C@@H](OCOCC[Si](C)(C)C)C7)cc6)cc5)c(Cl)cc4n3COCC[Si](C)(C)C)[C@@H]2O1.C[Si](C)(C)CCOCO[C@@H]1CCN(C(=O)c2ccc(-c3ccc(-c4nc5nc(S(C)(=O)=O)n(COCC[Si](C)(C)C)c5cc4Cl)cc3)cc2)C1. The van der Waals surface area contributed by atoms with Crippen molar-refractivity contribution in [1.29, 1.82) is 0 Å². The molecule has 0 bridgehead atoms. The molecule has 0 unspecified atom stereocenters. The number of rotatable bonds is 31. The van der Waals surface area contributed by atoms with Crippen molar-refractivity contribution in [3.8, 4) is 50.8 Å². The van der Waals surface area contributed by atoms with Crippen molar-refractivity contribution in [3.05, 3.63) is 130 Å². The van der Waals surface area contributed by atoms with Gasteiger partial charge in [-0.15, -0.1) is 0 Å². The van der Waals surface area contributed by atoms with Crippen molar-refractivity contribution in [2.45, 2.75) is 223 Å². The Morgan fingerprint density at radius 3 is 1.29 bits per heavy atom. The summed E-state index contributed by atoms with van der Waals surface area (Å²) in [6, 6.07) is 39.7. The smallest absolute Gasteiger partial charge is 0.349 e. The van der Waals surface area contributed by atoms with E-state index in [1.54, 1.807) is 6.07 Å². The second-order valence-corrected chi connectivity index (χ2v) is 68.0. The third-order valence-electron chi connectivity index (χ3n) is 21.7. The van der Waals surface area contributed by atoms with E-state index in [4.69, 9.17) is 75.2 Å². The summed E-state index contributed by atoms with van der Waals surface area (Å²) in [5.41, 5.74) is 10.1. The van der Waals surface area contributed by atoms with Crippen LogP contribution in [-0.2, 0) is 60.6 Å². The molecular weight excluding hydrogens is 1580 g/mol. The van der Waals surface area contributed by atoms with Gasteiger partial charge in [0.2, 0.25) is 15.0 Å². The van der Waals surface area contributed by atoms with Crippen LogP contribution < -0.4 is 4.74 Å². The van der Waals surface area contributed by atoms with Gasteiger partial charge in [-0.3, -0.25) is 18.7 Å². The highest BCUT2D eigenvalue weighted by Crippen LogP contribution is 2.56. The average Bonchev–Trinajstić information content (AvgIpc) is 1.12. The van der Waals surface area contributed by atoms with E-state index in [0.29, 0.717) is 95.7 Å². The van der Waals surface area contributed by atoms with Crippen LogP contribution in [0.5, 0.6) is 6.01 Å². The number of hydrogen-bond acceptors (Lipinski definition) is 17. The minimum Gasteiger partial charge on any atom is -0.459 e. The zero-order chi connectivity index (χ0) is 82.5. The molecule has 5 atom stereocenters. The van der Waals surface area contributed by atoms with E-state index in [2.05, 4.69) is 142 Å². The summed E-state index contributed by atoms with van der Waals surface area (Å²) in [7, 11) is -11.2. The van der Waals surface area contributed by atoms with E-state index < -0.39 is 50.7 Å². The Labute approximate surface area is 691 Å². The number of amides is 2. The Bertz CT molecular complexity index is 4720. The van der Waals surface area contributed by atoms with Gasteiger partial charge in [-0.1, -0.05) is 216 Å². The van der Waals surface area contributed by atoms with Crippen LogP contribution in [-0.4, -0.2) is 203 Å². The number of benzene rings is 4. The summed E-state index contributed by atoms with van der Waals surface area (Å²) >= 11 is 13.8. The second kappa shape index (κ2) is 36.8. The summed E-state index contributed by atoms with van der Waals surface area (Å²) in [4.78, 5) is 49.5. The van der Waals surface area contributed by atoms with Crippen molar-refractivity contribution < 1.29 is 60.0 Å². The third-order valence-corrected chi connectivity index (χ3v) is 35.1. The first-order valence-corrected chi connectivity index (χ1v) is 59.7. The number of nitrogens with zero attached hydrogens (tertiary/aromatic N) is 8. The lowest BCUT2D eigenvalue weighted by atomic mass is 10.0. The van der Waals surface area contributed by atoms with Crippen molar-refractivity contribution >= 4 is 108 Å². The van der Waals surface area contributed by atoms with Crippen LogP contribution in [0.25, 0.3) is 67.1 Å². The third kappa shape index (κ3) is 23.0. The number of pyridine rings is 2. The molecule has 0 radical (unpaired) electrons. The number of likely N-dealkylation sites (tertiary alicyclic amines) is 2. The molecular formula is C85H122Cl2N8O13SSi5. The second-order valence-electron chi connectivity index (χ2n) is 38.1. The van der Waals surface area contributed by atoms with Gasteiger partial charge in [-0.25, -0.2) is 18.4 Å². The number of carbonyl (C=O) groups is 2. The lowest BCUT2D eigenvalue weighted by Gasteiger charge is -2.54. The lowest BCUT2D eigenvalue weighted by Crippen LogP contribution is -2.64. The van der Waals surface area contributed by atoms with Gasteiger partial charge >= 0.3 is 14.6 Å².